The van der Waals surface area contributed by atoms with E-state index >= 15 is 0 Å². The number of piperidine rings is 1. The second-order valence-corrected chi connectivity index (χ2v) is 17.4. The highest BCUT2D eigenvalue weighted by Crippen LogP contribution is 2.55. The molecule has 1 saturated carbocycles. The number of carbonyl (C=O) groups excluding carboxylic acids is 1. The maximum atomic E-state index is 13.6. The molecule has 0 radical (unpaired) electrons. The zero-order chi connectivity index (χ0) is 27.5. The van der Waals surface area contributed by atoms with Crippen LogP contribution < -0.4 is 5.32 Å². The molecule has 3 aromatic rings. The summed E-state index contributed by atoms with van der Waals surface area (Å²) in [5.41, 5.74) is 0.649. The lowest BCUT2D eigenvalue weighted by Gasteiger charge is -2.61. The Hall–Kier alpha value is -2.76. The first-order valence-electron chi connectivity index (χ1n) is 13.0. The molecule has 1 aromatic carbocycles. The van der Waals surface area contributed by atoms with E-state index in [0.717, 1.165) is 19.3 Å². The molecule has 2 aromatic heterocycles. The minimum absolute atomic E-state index is 0.0809. The molecule has 10 nitrogen and oxygen atoms in total. The number of urea groups is 1. The number of aryl methyl sites for hydroxylation is 1. The van der Waals surface area contributed by atoms with Crippen LogP contribution in [-0.4, -0.2) is 50.3 Å². The lowest BCUT2D eigenvalue weighted by atomic mass is 9.64. The number of benzene rings is 1. The van der Waals surface area contributed by atoms with Crippen molar-refractivity contribution in [1.29, 1.82) is 0 Å². The molecule has 2 aliphatic heterocycles. The van der Waals surface area contributed by atoms with Gasteiger partial charge in [0, 0.05) is 30.8 Å². The van der Waals surface area contributed by atoms with Crippen molar-refractivity contribution in [1.82, 2.24) is 29.9 Å². The summed E-state index contributed by atoms with van der Waals surface area (Å²) in [4.78, 5) is 19.8. The Morgan fingerprint density at radius 1 is 1.29 bits per heavy atom. The van der Waals surface area contributed by atoms with Crippen LogP contribution in [0, 0.1) is 5.92 Å². The molecule has 3 unspecified atom stereocenters. The van der Waals surface area contributed by atoms with Crippen LogP contribution in [0.3, 0.4) is 0 Å². The van der Waals surface area contributed by atoms with Gasteiger partial charge in [0.15, 0.2) is 14.1 Å². The first kappa shape index (κ1) is 26.8. The van der Waals surface area contributed by atoms with Crippen LogP contribution in [0.25, 0.3) is 11.4 Å². The average molecular weight is 558 g/mol. The molecular weight excluding hydrogens is 522 g/mol. The molecular formula is C26H36ClN7O3Si. The van der Waals surface area contributed by atoms with E-state index in [2.05, 4.69) is 66.4 Å². The number of hydrogen-bond donors (Lipinski definition) is 1. The highest BCUT2D eigenvalue weighted by molar-refractivity contribution is 6.74. The van der Waals surface area contributed by atoms with E-state index in [1.807, 2.05) is 4.90 Å². The summed E-state index contributed by atoms with van der Waals surface area (Å²) in [5, 5.41) is 16.7. The number of amides is 2. The molecule has 2 amide bonds. The third-order valence-corrected chi connectivity index (χ3v) is 13.1. The molecule has 6 rings (SSSR count). The molecule has 12 heteroatoms. The first-order valence-corrected chi connectivity index (χ1v) is 16.3. The van der Waals surface area contributed by atoms with Gasteiger partial charge in [0.1, 0.15) is 18.5 Å². The standard InChI is InChI=1S/C26H36ClN7O3Si/c1-16-10-18-13-26(12-16,23-31-30-21(37-23)14-36-38(6,7)25(2,3)4)34(18)24(35)29-17-8-9-20(27)19(11-17)22-28-15-33(5)32-22/h8-9,11,15-16,18H,10,12-14H2,1-7H3,(H,29,35). The van der Waals surface area contributed by atoms with Crippen molar-refractivity contribution in [3.8, 4) is 11.4 Å². The molecule has 204 valence electrons. The van der Waals surface area contributed by atoms with Crippen LogP contribution in [0.4, 0.5) is 10.5 Å². The Labute approximate surface area is 229 Å². The monoisotopic (exact) mass is 557 g/mol. The summed E-state index contributed by atoms with van der Waals surface area (Å²) in [7, 11) is -0.173. The van der Waals surface area contributed by atoms with E-state index in [4.69, 9.17) is 20.4 Å². The van der Waals surface area contributed by atoms with Crippen molar-refractivity contribution < 1.29 is 13.6 Å². The predicted octanol–water partition coefficient (Wildman–Crippen LogP) is 5.97. The van der Waals surface area contributed by atoms with E-state index in [1.165, 1.54) is 0 Å². The lowest BCUT2D eigenvalue weighted by Crippen LogP contribution is -2.70. The van der Waals surface area contributed by atoms with E-state index in [0.29, 0.717) is 39.8 Å². The lowest BCUT2D eigenvalue weighted by molar-refractivity contribution is -0.110. The topological polar surface area (TPSA) is 111 Å². The number of fused-ring (bicyclic) bond motifs is 2. The fourth-order valence-corrected chi connectivity index (χ4v) is 6.45. The Morgan fingerprint density at radius 3 is 2.74 bits per heavy atom. The van der Waals surface area contributed by atoms with Crippen molar-refractivity contribution in [3.63, 3.8) is 0 Å². The highest BCUT2D eigenvalue weighted by atomic mass is 35.5. The maximum Gasteiger partial charge on any atom is 0.323 e. The second kappa shape index (κ2) is 9.46. The summed E-state index contributed by atoms with van der Waals surface area (Å²) >= 11 is 6.41. The average Bonchev–Trinajstić information content (AvgIpc) is 3.47. The van der Waals surface area contributed by atoms with E-state index in [9.17, 15) is 4.79 Å². The van der Waals surface area contributed by atoms with Crippen molar-refractivity contribution in [2.45, 2.75) is 83.3 Å². The van der Waals surface area contributed by atoms with Gasteiger partial charge < -0.3 is 19.1 Å². The van der Waals surface area contributed by atoms with Crippen LogP contribution in [0.15, 0.2) is 28.9 Å². The normalized spacial score (nSPS) is 23.3. The highest BCUT2D eigenvalue weighted by Gasteiger charge is 2.62. The largest absolute Gasteiger partial charge is 0.420 e. The van der Waals surface area contributed by atoms with Gasteiger partial charge in [-0.15, -0.1) is 10.2 Å². The van der Waals surface area contributed by atoms with Crippen LogP contribution in [-0.2, 0) is 23.6 Å². The molecule has 2 saturated heterocycles. The minimum atomic E-state index is -1.97. The van der Waals surface area contributed by atoms with Gasteiger partial charge >= 0.3 is 6.03 Å². The number of nitrogens with one attached hydrogen (secondary N) is 1. The number of hydrogen-bond acceptors (Lipinski definition) is 7. The molecule has 1 aliphatic carbocycles. The number of halogens is 1. The third-order valence-electron chi connectivity index (χ3n) is 8.26. The fraction of sp³-hybridized carbons (Fsp3) is 0.577. The molecule has 38 heavy (non-hydrogen) atoms. The number of aromatic nitrogens is 5. The van der Waals surface area contributed by atoms with E-state index in [-0.39, 0.29) is 23.7 Å². The molecule has 4 heterocycles. The van der Waals surface area contributed by atoms with E-state index < -0.39 is 13.9 Å². The Balaban J connectivity index is 1.35. The Morgan fingerprint density at radius 2 is 2.05 bits per heavy atom. The van der Waals surface area contributed by atoms with Gasteiger partial charge in [-0.25, -0.2) is 9.78 Å². The third kappa shape index (κ3) is 4.75. The Kier molecular flexibility index (Phi) is 6.68. The van der Waals surface area contributed by atoms with Crippen molar-refractivity contribution in [2.75, 3.05) is 5.32 Å². The van der Waals surface area contributed by atoms with Gasteiger partial charge in [-0.2, -0.15) is 5.10 Å². The molecule has 3 fully saturated rings. The summed E-state index contributed by atoms with van der Waals surface area (Å²) in [5.74, 6) is 1.87. The molecule has 2 bridgehead atoms. The zero-order valence-electron chi connectivity index (χ0n) is 23.1. The van der Waals surface area contributed by atoms with Gasteiger partial charge in [0.25, 0.3) is 0 Å². The summed E-state index contributed by atoms with van der Waals surface area (Å²) in [6, 6.07) is 5.23. The predicted molar refractivity (Wildman–Crippen MR) is 147 cm³/mol. The quantitative estimate of drug-likeness (QED) is 0.371. The van der Waals surface area contributed by atoms with Crippen LogP contribution >= 0.6 is 11.6 Å². The number of nitrogens with zero attached hydrogens (tertiary/aromatic N) is 6. The number of rotatable bonds is 6. The number of anilines is 1. The van der Waals surface area contributed by atoms with Gasteiger partial charge in [0.2, 0.25) is 11.8 Å². The van der Waals surface area contributed by atoms with Crippen LogP contribution in [0.1, 0.15) is 58.7 Å². The molecule has 0 spiro atoms. The van der Waals surface area contributed by atoms with E-state index in [1.54, 1.807) is 36.3 Å². The summed E-state index contributed by atoms with van der Waals surface area (Å²) in [6.07, 6.45) is 4.12. The van der Waals surface area contributed by atoms with Crippen LogP contribution in [0.2, 0.25) is 23.2 Å². The molecule has 3 atom stereocenters. The number of carbonyl (C=O) groups is 1. The smallest absolute Gasteiger partial charge is 0.323 e. The first-order chi connectivity index (χ1) is 17.8. The minimum Gasteiger partial charge on any atom is -0.420 e. The van der Waals surface area contributed by atoms with Gasteiger partial charge in [-0.1, -0.05) is 39.3 Å². The van der Waals surface area contributed by atoms with Gasteiger partial charge in [-0.05, 0) is 55.1 Å². The Bertz CT molecular complexity index is 1350. The molecule has 3 aliphatic rings. The molecule has 1 N–H and O–H groups in total. The van der Waals surface area contributed by atoms with Crippen molar-refractivity contribution >= 4 is 31.6 Å². The van der Waals surface area contributed by atoms with Crippen LogP contribution in [0.5, 0.6) is 0 Å². The summed E-state index contributed by atoms with van der Waals surface area (Å²) < 4.78 is 14.1. The fourth-order valence-electron chi connectivity index (χ4n) is 5.33. The van der Waals surface area contributed by atoms with Gasteiger partial charge in [0.05, 0.1) is 5.02 Å². The second-order valence-electron chi connectivity index (χ2n) is 12.2. The zero-order valence-corrected chi connectivity index (χ0v) is 24.8. The van der Waals surface area contributed by atoms with Crippen molar-refractivity contribution in [2.24, 2.45) is 13.0 Å². The van der Waals surface area contributed by atoms with Gasteiger partial charge in [-0.3, -0.25) is 4.68 Å². The SMILES string of the molecule is CC1CC2CC(c3nnc(CO[Si](C)(C)C(C)(C)C)o3)(C1)N2C(=O)Nc1ccc(Cl)c(-c2ncn(C)n2)c1. The maximum absolute atomic E-state index is 13.6. The van der Waals surface area contributed by atoms with Crippen molar-refractivity contribution in [3.05, 3.63) is 41.3 Å². The summed E-state index contributed by atoms with van der Waals surface area (Å²) in [6.45, 7) is 13.5.